The highest BCUT2D eigenvalue weighted by atomic mass is 79.9. The molecule has 0 spiro atoms. The minimum Gasteiger partial charge on any atom is -0.494 e. The Hall–Kier alpha value is -3.37. The monoisotopic (exact) mass is 643 g/mol. The first-order valence-corrected chi connectivity index (χ1v) is 15.6. The zero-order valence-electron chi connectivity index (χ0n) is 24.3. The van der Waals surface area contributed by atoms with Gasteiger partial charge in [0.2, 0.25) is 11.8 Å². The zero-order chi connectivity index (χ0) is 30.4. The minimum absolute atomic E-state index is 0.0337. The highest BCUT2D eigenvalue weighted by Gasteiger charge is 2.33. The van der Waals surface area contributed by atoms with Gasteiger partial charge in [-0.3, -0.25) is 13.9 Å². The largest absolute Gasteiger partial charge is 0.494 e. The first kappa shape index (κ1) is 32.1. The number of nitrogens with zero attached hydrogens (tertiary/aromatic N) is 2. The van der Waals surface area contributed by atoms with Gasteiger partial charge in [0.25, 0.3) is 10.0 Å². The summed E-state index contributed by atoms with van der Waals surface area (Å²) < 4.78 is 35.2. The van der Waals surface area contributed by atoms with Gasteiger partial charge < -0.3 is 15.0 Å². The lowest BCUT2D eigenvalue weighted by atomic mass is 10.1. The molecule has 0 saturated heterocycles. The molecule has 0 radical (unpaired) electrons. The lowest BCUT2D eigenvalue weighted by molar-refractivity contribution is -0.140. The smallest absolute Gasteiger partial charge is 0.264 e. The van der Waals surface area contributed by atoms with E-state index in [1.165, 1.54) is 17.0 Å². The van der Waals surface area contributed by atoms with Crippen LogP contribution in [0.25, 0.3) is 0 Å². The Balaban J connectivity index is 2.05. The minimum atomic E-state index is -4.16. The molecule has 0 aromatic heterocycles. The number of amides is 2. The molecule has 0 aliphatic rings. The van der Waals surface area contributed by atoms with E-state index in [2.05, 4.69) is 21.2 Å². The normalized spacial score (nSPS) is 12.4. The molecule has 1 N–H and O–H groups in total. The van der Waals surface area contributed by atoms with Crippen molar-refractivity contribution in [2.75, 3.05) is 17.5 Å². The predicted molar refractivity (Wildman–Crippen MR) is 165 cm³/mol. The quantitative estimate of drug-likeness (QED) is 0.290. The van der Waals surface area contributed by atoms with Crippen molar-refractivity contribution in [3.63, 3.8) is 0 Å². The van der Waals surface area contributed by atoms with E-state index in [0.717, 1.165) is 19.9 Å². The molecular weight excluding hydrogens is 606 g/mol. The fraction of sp³-hybridized carbons (Fsp3) is 0.355. The molecule has 0 bridgehead atoms. The predicted octanol–water partition coefficient (Wildman–Crippen LogP) is 5.68. The molecule has 3 aromatic rings. The number of aryl methyl sites for hydroxylation is 1. The second-order valence-corrected chi connectivity index (χ2v) is 13.5. The van der Waals surface area contributed by atoms with Crippen molar-refractivity contribution < 1.29 is 22.7 Å². The maximum Gasteiger partial charge on any atom is 0.264 e. The van der Waals surface area contributed by atoms with Gasteiger partial charge in [0.05, 0.1) is 17.2 Å². The Kier molecular flexibility index (Phi) is 10.6. The van der Waals surface area contributed by atoms with Crippen LogP contribution in [-0.4, -0.2) is 49.9 Å². The Labute approximate surface area is 251 Å². The number of benzene rings is 3. The molecule has 220 valence electrons. The van der Waals surface area contributed by atoms with E-state index in [0.29, 0.717) is 18.0 Å². The summed E-state index contributed by atoms with van der Waals surface area (Å²) in [6.45, 7) is 11.1. The van der Waals surface area contributed by atoms with E-state index in [1.807, 2.05) is 58.9 Å². The summed E-state index contributed by atoms with van der Waals surface area (Å²) >= 11 is 3.34. The van der Waals surface area contributed by atoms with Gasteiger partial charge in [-0.1, -0.05) is 40.2 Å². The van der Waals surface area contributed by atoms with Crippen LogP contribution in [-0.2, 0) is 26.2 Å². The lowest BCUT2D eigenvalue weighted by Gasteiger charge is -2.33. The van der Waals surface area contributed by atoms with Crippen molar-refractivity contribution in [2.45, 2.75) is 64.6 Å². The second-order valence-electron chi connectivity index (χ2n) is 10.8. The number of ether oxygens (including phenoxy) is 1. The maximum absolute atomic E-state index is 14.1. The average Bonchev–Trinajstić information content (AvgIpc) is 2.90. The van der Waals surface area contributed by atoms with Crippen LogP contribution in [0.4, 0.5) is 5.69 Å². The lowest BCUT2D eigenvalue weighted by Crippen LogP contribution is -2.54. The SMILES string of the molecule is CCOc1ccc(N(CC(=O)N(Cc2ccccc2C)[C@@H](C)C(=O)NC(C)(C)C)S(=O)(=O)c2ccc(Br)cc2)cc1. The molecule has 3 rings (SSSR count). The summed E-state index contributed by atoms with van der Waals surface area (Å²) in [5.41, 5.74) is 1.61. The second kappa shape index (κ2) is 13.5. The van der Waals surface area contributed by atoms with Gasteiger partial charge in [-0.15, -0.1) is 0 Å². The van der Waals surface area contributed by atoms with Gasteiger partial charge in [0.1, 0.15) is 18.3 Å². The van der Waals surface area contributed by atoms with Crippen LogP contribution in [0.15, 0.2) is 82.2 Å². The van der Waals surface area contributed by atoms with Gasteiger partial charge >= 0.3 is 0 Å². The van der Waals surface area contributed by atoms with Crippen molar-refractivity contribution in [3.05, 3.63) is 88.4 Å². The number of carbonyl (C=O) groups excluding carboxylic acids is 2. The fourth-order valence-electron chi connectivity index (χ4n) is 4.17. The summed E-state index contributed by atoms with van der Waals surface area (Å²) in [4.78, 5) is 28.8. The van der Waals surface area contributed by atoms with Crippen molar-refractivity contribution in [1.29, 1.82) is 0 Å². The Bertz CT molecular complexity index is 1450. The maximum atomic E-state index is 14.1. The number of sulfonamides is 1. The van der Waals surface area contributed by atoms with Crippen molar-refractivity contribution in [1.82, 2.24) is 10.2 Å². The Morgan fingerprint density at radius 2 is 1.59 bits per heavy atom. The number of hydrogen-bond acceptors (Lipinski definition) is 5. The first-order chi connectivity index (χ1) is 19.2. The van der Waals surface area contributed by atoms with Crippen LogP contribution in [0.3, 0.4) is 0 Å². The van der Waals surface area contributed by atoms with Crippen LogP contribution < -0.4 is 14.4 Å². The van der Waals surface area contributed by atoms with E-state index < -0.39 is 34.1 Å². The van der Waals surface area contributed by atoms with Crippen LogP contribution in [0.5, 0.6) is 5.75 Å². The molecule has 10 heteroatoms. The Morgan fingerprint density at radius 3 is 2.15 bits per heavy atom. The molecule has 2 amide bonds. The first-order valence-electron chi connectivity index (χ1n) is 13.4. The van der Waals surface area contributed by atoms with Crippen LogP contribution in [0.2, 0.25) is 0 Å². The van der Waals surface area contributed by atoms with Gasteiger partial charge in [0.15, 0.2) is 0 Å². The summed E-state index contributed by atoms with van der Waals surface area (Å²) in [7, 11) is -4.16. The molecule has 0 aliphatic heterocycles. The molecule has 1 atom stereocenters. The summed E-state index contributed by atoms with van der Waals surface area (Å²) in [6.07, 6.45) is 0. The molecular formula is C31H38BrN3O5S. The number of nitrogens with one attached hydrogen (secondary N) is 1. The van der Waals surface area contributed by atoms with Gasteiger partial charge in [0, 0.05) is 16.6 Å². The third kappa shape index (κ3) is 8.56. The highest BCUT2D eigenvalue weighted by molar-refractivity contribution is 9.10. The highest BCUT2D eigenvalue weighted by Crippen LogP contribution is 2.27. The third-order valence-corrected chi connectivity index (χ3v) is 8.70. The van der Waals surface area contributed by atoms with E-state index >= 15 is 0 Å². The molecule has 8 nitrogen and oxygen atoms in total. The van der Waals surface area contributed by atoms with Gasteiger partial charge in [-0.2, -0.15) is 0 Å². The number of hydrogen-bond donors (Lipinski definition) is 1. The summed E-state index contributed by atoms with van der Waals surface area (Å²) in [5.74, 6) is -0.264. The molecule has 0 aliphatic carbocycles. The zero-order valence-corrected chi connectivity index (χ0v) is 26.8. The van der Waals surface area contributed by atoms with Crippen LogP contribution >= 0.6 is 15.9 Å². The van der Waals surface area contributed by atoms with E-state index in [9.17, 15) is 18.0 Å². The summed E-state index contributed by atoms with van der Waals surface area (Å²) in [5, 5.41) is 2.94. The molecule has 0 unspecified atom stereocenters. The van der Waals surface area contributed by atoms with E-state index in [-0.39, 0.29) is 17.3 Å². The van der Waals surface area contributed by atoms with Crippen LogP contribution in [0, 0.1) is 6.92 Å². The standard InChI is InChI=1S/C31H38BrN3O5S/c1-7-40-27-16-14-26(15-17-27)35(41(38,39)28-18-12-25(32)13-19-28)21-29(36)34(20-24-11-9-8-10-22(24)2)23(3)30(37)33-31(4,5)6/h8-19,23H,7,20-21H2,1-6H3,(H,33,37)/t23-/m0/s1. The molecule has 0 fully saturated rings. The number of rotatable bonds is 11. The van der Waals surface area contributed by atoms with Crippen LogP contribution in [0.1, 0.15) is 45.7 Å². The molecule has 41 heavy (non-hydrogen) atoms. The van der Waals surface area contributed by atoms with Gasteiger partial charge in [-0.25, -0.2) is 8.42 Å². The number of halogens is 1. The number of carbonyl (C=O) groups is 2. The van der Waals surface area contributed by atoms with E-state index in [4.69, 9.17) is 4.74 Å². The molecule has 0 heterocycles. The van der Waals surface area contributed by atoms with Gasteiger partial charge in [-0.05, 0) is 101 Å². The topological polar surface area (TPSA) is 96.0 Å². The van der Waals surface area contributed by atoms with E-state index in [1.54, 1.807) is 43.3 Å². The van der Waals surface area contributed by atoms with Crippen molar-refractivity contribution >= 4 is 43.5 Å². The summed E-state index contributed by atoms with van der Waals surface area (Å²) in [6, 6.07) is 19.5. The average molecular weight is 645 g/mol. The van der Waals surface area contributed by atoms with Crippen molar-refractivity contribution in [3.8, 4) is 5.75 Å². The molecule has 3 aromatic carbocycles. The number of anilines is 1. The van der Waals surface area contributed by atoms with Crippen molar-refractivity contribution in [2.24, 2.45) is 0 Å². The fourth-order valence-corrected chi connectivity index (χ4v) is 5.84. The molecule has 0 saturated carbocycles. The Morgan fingerprint density at radius 1 is 0.976 bits per heavy atom. The third-order valence-electron chi connectivity index (χ3n) is 6.38.